The van der Waals surface area contributed by atoms with E-state index in [9.17, 15) is 9.90 Å². The Bertz CT molecular complexity index is 417. The fourth-order valence-electron chi connectivity index (χ4n) is 0.771. The summed E-state index contributed by atoms with van der Waals surface area (Å²) in [6.45, 7) is 0. The third-order valence-corrected chi connectivity index (χ3v) is 1.34. The van der Waals surface area contributed by atoms with Crippen LogP contribution in [-0.4, -0.2) is 30.3 Å². The monoisotopic (exact) mass is 246 g/mol. The van der Waals surface area contributed by atoms with E-state index in [1.54, 1.807) is 18.2 Å². The summed E-state index contributed by atoms with van der Waals surface area (Å²) in [5, 5.41) is 19.1. The van der Waals surface area contributed by atoms with E-state index in [2.05, 4.69) is 0 Å². The number of carbonyl (C=O) groups excluding carboxylic acids is 1. The van der Waals surface area contributed by atoms with E-state index in [0.29, 0.717) is 11.8 Å². The number of hydrogen-bond donors (Lipinski definition) is 1. The number of hydrogen-bond acceptors (Lipinski definition) is 6. The Morgan fingerprint density at radius 3 is 2.00 bits per heavy atom. The summed E-state index contributed by atoms with van der Waals surface area (Å²) in [5.41, 5.74) is 0.340. The van der Waals surface area contributed by atoms with Crippen molar-refractivity contribution in [2.45, 2.75) is 6.10 Å². The van der Waals surface area contributed by atoms with Crippen LogP contribution in [0.5, 0.6) is 0 Å². The first-order valence-electron chi connectivity index (χ1n) is 4.06. The molecule has 1 aromatic rings. The van der Waals surface area contributed by atoms with Gasteiger partial charge in [0.25, 0.3) is 0 Å². The molecule has 7 heteroatoms. The van der Waals surface area contributed by atoms with Gasteiger partial charge in [0.1, 0.15) is 6.10 Å². The molecular formula is C9H10O6S-2. The van der Waals surface area contributed by atoms with Gasteiger partial charge in [-0.2, -0.15) is 0 Å². The minimum Gasteiger partial charge on any atom is -0.748 e. The summed E-state index contributed by atoms with van der Waals surface area (Å²) < 4.78 is 27.2. The number of rotatable bonds is 2. The average Bonchev–Trinajstić information content (AvgIpc) is 2.15. The zero-order valence-electron chi connectivity index (χ0n) is 8.36. The fraction of sp³-hybridized carbons (Fsp3) is 0.222. The Balaban J connectivity index is 0.000000385. The van der Waals surface area contributed by atoms with Crippen LogP contribution in [0.25, 0.3) is 0 Å². The molecule has 0 aliphatic heterocycles. The second-order valence-corrected chi connectivity index (χ2v) is 4.24. The lowest BCUT2D eigenvalue weighted by atomic mass is 10.1. The van der Waals surface area contributed by atoms with Crippen LogP contribution in [0.1, 0.15) is 11.7 Å². The van der Waals surface area contributed by atoms with Crippen LogP contribution < -0.4 is 5.11 Å². The van der Waals surface area contributed by atoms with Crippen molar-refractivity contribution in [2.75, 3.05) is 6.26 Å². The smallest absolute Gasteiger partial charge is 0.118 e. The number of carboxylic acids is 1. The van der Waals surface area contributed by atoms with Crippen molar-refractivity contribution in [2.24, 2.45) is 0 Å². The lowest BCUT2D eigenvalue weighted by molar-refractivity contribution is -0.315. The molecule has 0 radical (unpaired) electrons. The molecule has 1 unspecified atom stereocenters. The van der Waals surface area contributed by atoms with E-state index in [1.165, 1.54) is 12.1 Å². The Morgan fingerprint density at radius 1 is 1.31 bits per heavy atom. The molecule has 0 bridgehead atoms. The first-order chi connectivity index (χ1) is 7.22. The van der Waals surface area contributed by atoms with Crippen molar-refractivity contribution in [3.05, 3.63) is 35.9 Å². The van der Waals surface area contributed by atoms with Crippen LogP contribution in [0.4, 0.5) is 0 Å². The first kappa shape index (κ1) is 14.6. The molecule has 0 aliphatic carbocycles. The van der Waals surface area contributed by atoms with Gasteiger partial charge in [-0.1, -0.05) is 30.3 Å². The molecule has 90 valence electrons. The average molecular weight is 246 g/mol. The molecule has 1 aromatic carbocycles. The third kappa shape index (κ3) is 7.92. The zero-order valence-corrected chi connectivity index (χ0v) is 9.18. The molecule has 0 aromatic heterocycles. The maximum absolute atomic E-state index is 10.1. The maximum atomic E-state index is 10.1. The van der Waals surface area contributed by atoms with E-state index in [1.807, 2.05) is 0 Å². The van der Waals surface area contributed by atoms with Gasteiger partial charge in [-0.05, 0) is 5.56 Å². The van der Waals surface area contributed by atoms with Crippen molar-refractivity contribution in [3.8, 4) is 0 Å². The molecule has 0 amide bonds. The summed E-state index contributed by atoms with van der Waals surface area (Å²) in [5.74, 6) is -1.48. The summed E-state index contributed by atoms with van der Waals surface area (Å²) in [4.78, 5) is 10.1. The number of aliphatic carboxylic acids is 1. The highest BCUT2D eigenvalue weighted by Crippen LogP contribution is 2.09. The lowest BCUT2D eigenvalue weighted by Gasteiger charge is -2.10. The van der Waals surface area contributed by atoms with Gasteiger partial charge >= 0.3 is 0 Å². The molecule has 0 fully saturated rings. The van der Waals surface area contributed by atoms with E-state index in [0.717, 1.165) is 0 Å². The second-order valence-electron chi connectivity index (χ2n) is 2.84. The highest BCUT2D eigenvalue weighted by molar-refractivity contribution is 7.84. The van der Waals surface area contributed by atoms with E-state index >= 15 is 0 Å². The molecular weight excluding hydrogens is 236 g/mol. The molecule has 16 heavy (non-hydrogen) atoms. The third-order valence-electron chi connectivity index (χ3n) is 1.34. The SMILES string of the molecule is CS(=O)(=O)[O-].O=C([O-])C(O)c1ccccc1. The molecule has 0 saturated heterocycles. The maximum Gasteiger partial charge on any atom is 0.118 e. The van der Waals surface area contributed by atoms with Gasteiger partial charge in [0.05, 0.1) is 16.1 Å². The van der Waals surface area contributed by atoms with E-state index < -0.39 is 22.2 Å². The van der Waals surface area contributed by atoms with Crippen molar-refractivity contribution in [1.29, 1.82) is 0 Å². The summed E-state index contributed by atoms with van der Waals surface area (Å²) in [6.07, 6.45) is -0.913. The Labute approximate surface area is 92.9 Å². The highest BCUT2D eigenvalue weighted by atomic mass is 32.2. The molecule has 1 atom stereocenters. The Hall–Kier alpha value is -1.44. The van der Waals surface area contributed by atoms with Crippen molar-refractivity contribution in [1.82, 2.24) is 0 Å². The number of aliphatic hydroxyl groups excluding tert-OH is 1. The predicted octanol–water partition coefficient (Wildman–Crippen LogP) is -1.37. The Kier molecular flexibility index (Phi) is 5.65. The predicted molar refractivity (Wildman–Crippen MR) is 52.0 cm³/mol. The molecule has 0 saturated carbocycles. The van der Waals surface area contributed by atoms with Gasteiger partial charge < -0.3 is 19.6 Å². The van der Waals surface area contributed by atoms with Crippen LogP contribution in [-0.2, 0) is 14.9 Å². The second kappa shape index (κ2) is 6.21. The largest absolute Gasteiger partial charge is 0.748 e. The van der Waals surface area contributed by atoms with Crippen molar-refractivity contribution in [3.63, 3.8) is 0 Å². The minimum absolute atomic E-state index is 0.340. The summed E-state index contributed by atoms with van der Waals surface area (Å²) >= 11 is 0. The molecule has 0 spiro atoms. The summed E-state index contributed by atoms with van der Waals surface area (Å²) in [6, 6.07) is 8.11. The summed E-state index contributed by atoms with van der Waals surface area (Å²) in [7, 11) is -3.92. The lowest BCUT2D eigenvalue weighted by Crippen LogP contribution is -2.29. The van der Waals surface area contributed by atoms with Gasteiger partial charge in [0.15, 0.2) is 0 Å². The number of benzene rings is 1. The van der Waals surface area contributed by atoms with Crippen molar-refractivity contribution < 1.29 is 28.0 Å². The van der Waals surface area contributed by atoms with Gasteiger partial charge in [-0.15, -0.1) is 0 Å². The molecule has 0 aliphatic rings. The minimum atomic E-state index is -3.92. The standard InChI is InChI=1S/C8H8O3.CH4O3S/c9-7(8(10)11)6-4-2-1-3-5-6;1-5(2,3)4/h1-5,7,9H,(H,10,11);1H3,(H,2,3,4)/p-2. The van der Waals surface area contributed by atoms with Crippen LogP contribution >= 0.6 is 0 Å². The number of aliphatic hydroxyl groups is 1. The normalized spacial score (nSPS) is 12.2. The molecule has 1 rings (SSSR count). The molecule has 1 N–H and O–H groups in total. The number of carboxylic acid groups (broad SMARTS) is 1. The first-order valence-corrected chi connectivity index (χ1v) is 5.88. The highest BCUT2D eigenvalue weighted by Gasteiger charge is 2.05. The van der Waals surface area contributed by atoms with Crippen LogP contribution in [0.3, 0.4) is 0 Å². The fourth-order valence-corrected chi connectivity index (χ4v) is 0.771. The van der Waals surface area contributed by atoms with Gasteiger partial charge in [0.2, 0.25) is 0 Å². The zero-order chi connectivity index (χ0) is 12.8. The van der Waals surface area contributed by atoms with Gasteiger partial charge in [0, 0.05) is 6.26 Å². The topological polar surface area (TPSA) is 118 Å². The quantitative estimate of drug-likeness (QED) is 0.643. The Morgan fingerprint density at radius 2 is 1.69 bits per heavy atom. The van der Waals surface area contributed by atoms with Crippen LogP contribution in [0, 0.1) is 0 Å². The van der Waals surface area contributed by atoms with Gasteiger partial charge in [-0.3, -0.25) is 0 Å². The molecule has 6 nitrogen and oxygen atoms in total. The van der Waals surface area contributed by atoms with Crippen molar-refractivity contribution >= 4 is 16.1 Å². The van der Waals surface area contributed by atoms with Crippen LogP contribution in [0.15, 0.2) is 30.3 Å². The van der Waals surface area contributed by atoms with E-state index in [4.69, 9.17) is 18.1 Å². The molecule has 0 heterocycles. The van der Waals surface area contributed by atoms with E-state index in [-0.39, 0.29) is 0 Å². The van der Waals surface area contributed by atoms with Gasteiger partial charge in [-0.25, -0.2) is 8.42 Å². The number of carbonyl (C=O) groups is 1. The van der Waals surface area contributed by atoms with Crippen LogP contribution in [0.2, 0.25) is 0 Å².